The number of carbonyl (C=O) groups excluding carboxylic acids is 2. The van der Waals surface area contributed by atoms with E-state index >= 15 is 0 Å². The molecule has 1 saturated heterocycles. The van der Waals surface area contributed by atoms with Crippen molar-refractivity contribution in [3.8, 4) is 0 Å². The lowest BCUT2D eigenvalue weighted by Crippen LogP contribution is -2.47. The zero-order valence-corrected chi connectivity index (χ0v) is 12.1. The van der Waals surface area contributed by atoms with Crippen LogP contribution in [0.1, 0.15) is 28.8 Å². The summed E-state index contributed by atoms with van der Waals surface area (Å²) < 4.78 is 10.3. The summed E-state index contributed by atoms with van der Waals surface area (Å²) in [6.45, 7) is 7.08. The summed E-state index contributed by atoms with van der Waals surface area (Å²) in [6, 6.07) is 1.73. The van der Waals surface area contributed by atoms with Gasteiger partial charge in [0.15, 0.2) is 0 Å². The maximum atomic E-state index is 11.5. The number of piperazine rings is 1. The van der Waals surface area contributed by atoms with Gasteiger partial charge in [0.2, 0.25) is 5.91 Å². The molecule has 1 amide bonds. The van der Waals surface area contributed by atoms with Crippen molar-refractivity contribution >= 4 is 11.9 Å². The van der Waals surface area contributed by atoms with Gasteiger partial charge in [0, 0.05) is 33.1 Å². The molecule has 1 aliphatic rings. The second-order valence-corrected chi connectivity index (χ2v) is 4.96. The summed E-state index contributed by atoms with van der Waals surface area (Å²) >= 11 is 0. The van der Waals surface area contributed by atoms with E-state index in [9.17, 15) is 9.59 Å². The van der Waals surface area contributed by atoms with Gasteiger partial charge in [0.25, 0.3) is 0 Å². The van der Waals surface area contributed by atoms with Crippen LogP contribution in [0.25, 0.3) is 0 Å². The van der Waals surface area contributed by atoms with Crippen molar-refractivity contribution in [3.63, 3.8) is 0 Å². The average Bonchev–Trinajstić information content (AvgIpc) is 2.79. The number of aryl methyl sites for hydroxylation is 1. The number of furan rings is 1. The number of methoxy groups -OCH3 is 1. The van der Waals surface area contributed by atoms with Crippen molar-refractivity contribution in [2.24, 2.45) is 0 Å². The van der Waals surface area contributed by atoms with Crippen LogP contribution in [-0.4, -0.2) is 55.0 Å². The second-order valence-electron chi connectivity index (χ2n) is 4.96. The monoisotopic (exact) mass is 280 g/mol. The van der Waals surface area contributed by atoms with Crippen molar-refractivity contribution < 1.29 is 18.7 Å². The number of nitrogens with zero attached hydrogens (tertiary/aromatic N) is 2. The fourth-order valence-electron chi connectivity index (χ4n) is 2.38. The molecule has 6 nitrogen and oxygen atoms in total. The Bertz CT molecular complexity index is 501. The van der Waals surface area contributed by atoms with E-state index in [2.05, 4.69) is 4.90 Å². The second kappa shape index (κ2) is 6.09. The molecule has 0 spiro atoms. The van der Waals surface area contributed by atoms with Crippen molar-refractivity contribution in [3.05, 3.63) is 23.2 Å². The Morgan fingerprint density at radius 3 is 2.50 bits per heavy atom. The van der Waals surface area contributed by atoms with Crippen LogP contribution in [0.4, 0.5) is 0 Å². The zero-order chi connectivity index (χ0) is 14.7. The van der Waals surface area contributed by atoms with Gasteiger partial charge in [0.1, 0.15) is 17.1 Å². The van der Waals surface area contributed by atoms with Crippen molar-refractivity contribution in [1.82, 2.24) is 9.80 Å². The SMILES string of the molecule is COC(=O)c1cc(CN2CCN(C(C)=O)CC2)oc1C. The first-order valence-corrected chi connectivity index (χ1v) is 6.66. The minimum atomic E-state index is -0.376. The third-order valence-electron chi connectivity index (χ3n) is 3.57. The highest BCUT2D eigenvalue weighted by Gasteiger charge is 2.21. The minimum absolute atomic E-state index is 0.117. The molecule has 1 fully saturated rings. The molecule has 20 heavy (non-hydrogen) atoms. The van der Waals surface area contributed by atoms with Gasteiger partial charge in [-0.1, -0.05) is 0 Å². The fourth-order valence-corrected chi connectivity index (χ4v) is 2.38. The van der Waals surface area contributed by atoms with Crippen LogP contribution in [0.5, 0.6) is 0 Å². The quantitative estimate of drug-likeness (QED) is 0.774. The number of amides is 1. The summed E-state index contributed by atoms with van der Waals surface area (Å²) in [7, 11) is 1.36. The van der Waals surface area contributed by atoms with Gasteiger partial charge in [-0.3, -0.25) is 9.69 Å². The maximum absolute atomic E-state index is 11.5. The van der Waals surface area contributed by atoms with Crippen LogP contribution in [0, 0.1) is 6.92 Å². The largest absolute Gasteiger partial charge is 0.465 e. The number of hydrogen-bond acceptors (Lipinski definition) is 5. The van der Waals surface area contributed by atoms with Gasteiger partial charge >= 0.3 is 5.97 Å². The van der Waals surface area contributed by atoms with Crippen LogP contribution >= 0.6 is 0 Å². The van der Waals surface area contributed by atoms with Gasteiger partial charge < -0.3 is 14.1 Å². The van der Waals surface area contributed by atoms with Crippen LogP contribution in [0.3, 0.4) is 0 Å². The third kappa shape index (κ3) is 3.19. The maximum Gasteiger partial charge on any atom is 0.341 e. The topological polar surface area (TPSA) is 63.0 Å². The normalized spacial score (nSPS) is 16.2. The van der Waals surface area contributed by atoms with E-state index in [0.717, 1.165) is 31.9 Å². The lowest BCUT2D eigenvalue weighted by atomic mass is 10.2. The van der Waals surface area contributed by atoms with Crippen LogP contribution in [0.2, 0.25) is 0 Å². The lowest BCUT2D eigenvalue weighted by molar-refractivity contribution is -0.130. The summed E-state index contributed by atoms with van der Waals surface area (Å²) in [5.74, 6) is 1.07. The Balaban J connectivity index is 1.95. The molecule has 0 unspecified atom stereocenters. The van der Waals surface area contributed by atoms with Gasteiger partial charge in [-0.25, -0.2) is 4.79 Å². The van der Waals surface area contributed by atoms with E-state index < -0.39 is 0 Å². The van der Waals surface area contributed by atoms with Crippen LogP contribution < -0.4 is 0 Å². The standard InChI is InChI=1S/C14H20N2O4/c1-10-13(14(18)19-3)8-12(20-10)9-15-4-6-16(7-5-15)11(2)17/h8H,4-7,9H2,1-3H3. The third-order valence-corrected chi connectivity index (χ3v) is 3.57. The van der Waals surface area contributed by atoms with Crippen LogP contribution in [0.15, 0.2) is 10.5 Å². The minimum Gasteiger partial charge on any atom is -0.465 e. The molecule has 2 rings (SSSR count). The molecular formula is C14H20N2O4. The van der Waals surface area contributed by atoms with E-state index in [1.807, 2.05) is 4.90 Å². The lowest BCUT2D eigenvalue weighted by Gasteiger charge is -2.33. The molecule has 110 valence electrons. The first-order chi connectivity index (χ1) is 9.51. The zero-order valence-electron chi connectivity index (χ0n) is 12.1. The molecule has 0 aliphatic carbocycles. The molecule has 0 N–H and O–H groups in total. The number of ether oxygens (including phenoxy) is 1. The molecule has 0 bridgehead atoms. The Morgan fingerprint density at radius 2 is 1.95 bits per heavy atom. The summed E-state index contributed by atoms with van der Waals surface area (Å²) in [4.78, 5) is 26.8. The van der Waals surface area contributed by atoms with E-state index in [1.165, 1.54) is 7.11 Å². The molecule has 1 aromatic rings. The summed E-state index contributed by atoms with van der Waals surface area (Å²) in [5, 5.41) is 0. The molecule has 2 heterocycles. The highest BCUT2D eigenvalue weighted by Crippen LogP contribution is 2.18. The number of hydrogen-bond donors (Lipinski definition) is 0. The average molecular weight is 280 g/mol. The predicted molar refractivity (Wildman–Crippen MR) is 72.3 cm³/mol. The first-order valence-electron chi connectivity index (χ1n) is 6.66. The Labute approximate surface area is 118 Å². The molecule has 0 radical (unpaired) electrons. The molecule has 1 aromatic heterocycles. The molecule has 0 atom stereocenters. The van der Waals surface area contributed by atoms with Crippen molar-refractivity contribution in [2.75, 3.05) is 33.3 Å². The number of rotatable bonds is 3. The highest BCUT2D eigenvalue weighted by molar-refractivity contribution is 5.90. The molecule has 6 heteroatoms. The van der Waals surface area contributed by atoms with Gasteiger partial charge in [-0.2, -0.15) is 0 Å². The molecule has 1 aliphatic heterocycles. The number of carbonyl (C=O) groups is 2. The molecule has 0 saturated carbocycles. The summed E-state index contributed by atoms with van der Waals surface area (Å²) in [5.41, 5.74) is 0.477. The smallest absolute Gasteiger partial charge is 0.341 e. The number of esters is 1. The van der Waals surface area contributed by atoms with Gasteiger partial charge in [-0.15, -0.1) is 0 Å². The van der Waals surface area contributed by atoms with Crippen LogP contribution in [-0.2, 0) is 16.1 Å². The van der Waals surface area contributed by atoms with E-state index in [4.69, 9.17) is 9.15 Å². The molecular weight excluding hydrogens is 260 g/mol. The van der Waals surface area contributed by atoms with E-state index in [0.29, 0.717) is 17.9 Å². The summed E-state index contributed by atoms with van der Waals surface area (Å²) in [6.07, 6.45) is 0. The van der Waals surface area contributed by atoms with E-state index in [1.54, 1.807) is 19.9 Å². The highest BCUT2D eigenvalue weighted by atomic mass is 16.5. The first kappa shape index (κ1) is 14.6. The van der Waals surface area contributed by atoms with Gasteiger partial charge in [-0.05, 0) is 13.0 Å². The van der Waals surface area contributed by atoms with E-state index in [-0.39, 0.29) is 11.9 Å². The van der Waals surface area contributed by atoms with Crippen molar-refractivity contribution in [2.45, 2.75) is 20.4 Å². The Kier molecular flexibility index (Phi) is 4.44. The van der Waals surface area contributed by atoms with Crippen molar-refractivity contribution in [1.29, 1.82) is 0 Å². The Hall–Kier alpha value is -1.82. The Morgan fingerprint density at radius 1 is 1.30 bits per heavy atom. The fraction of sp³-hybridized carbons (Fsp3) is 0.571. The molecule has 0 aromatic carbocycles. The predicted octanol–water partition coefficient (Wildman–Crippen LogP) is 1.04. The van der Waals surface area contributed by atoms with Gasteiger partial charge in [0.05, 0.1) is 13.7 Å².